The summed E-state index contributed by atoms with van der Waals surface area (Å²) >= 11 is 0. The lowest BCUT2D eigenvalue weighted by Crippen LogP contribution is -2.52. The van der Waals surface area contributed by atoms with E-state index in [0.29, 0.717) is 11.5 Å². The van der Waals surface area contributed by atoms with Crippen molar-refractivity contribution in [2.75, 3.05) is 25.6 Å². The maximum absolute atomic E-state index is 13.7. The number of carbonyl (C=O) groups excluding carboxylic acids is 5. The van der Waals surface area contributed by atoms with Crippen LogP contribution in [0.25, 0.3) is 0 Å². The van der Waals surface area contributed by atoms with Crippen molar-refractivity contribution < 1.29 is 38.2 Å². The number of hydrogen-bond acceptors (Lipinski definition) is 8. The van der Waals surface area contributed by atoms with E-state index in [4.69, 9.17) is 14.2 Å². The lowest BCUT2D eigenvalue weighted by atomic mass is 9.96. The van der Waals surface area contributed by atoms with Gasteiger partial charge in [-0.1, -0.05) is 82.7 Å². The molecule has 1 fully saturated rings. The number of Topliss-reactive ketones (excluding diaryl/α,β-unsaturated/α-hetero) is 1. The van der Waals surface area contributed by atoms with Crippen LogP contribution in [0.2, 0.25) is 0 Å². The van der Waals surface area contributed by atoms with E-state index >= 15 is 0 Å². The molecular weight excluding hydrogens is 602 g/mol. The van der Waals surface area contributed by atoms with Gasteiger partial charge in [-0.2, -0.15) is 0 Å². The van der Waals surface area contributed by atoms with Crippen molar-refractivity contribution in [2.24, 2.45) is 5.92 Å². The van der Waals surface area contributed by atoms with Crippen LogP contribution in [0.3, 0.4) is 0 Å². The lowest BCUT2D eigenvalue weighted by molar-refractivity contribution is -0.147. The molecule has 0 radical (unpaired) electrons. The molecule has 1 aliphatic heterocycles. The molecule has 0 spiro atoms. The number of benzene rings is 2. The summed E-state index contributed by atoms with van der Waals surface area (Å²) < 4.78 is 16.7. The van der Waals surface area contributed by atoms with Crippen LogP contribution in [-0.2, 0) is 30.4 Å². The Balaban J connectivity index is 1.79. The highest BCUT2D eigenvalue weighted by molar-refractivity contribution is 6.18. The summed E-state index contributed by atoms with van der Waals surface area (Å²) in [5, 5.41) is 2.60. The van der Waals surface area contributed by atoms with Crippen LogP contribution >= 0.6 is 0 Å². The number of nitrogens with one attached hydrogen (secondary N) is 1. The lowest BCUT2D eigenvalue weighted by Gasteiger charge is -2.24. The fraction of sp³-hybridized carbons (Fsp3) is 0.528. The molecule has 256 valence electrons. The first kappa shape index (κ1) is 37.2. The molecular formula is C36H49N3O8. The molecule has 0 saturated carbocycles. The predicted molar refractivity (Wildman–Crippen MR) is 178 cm³/mol. The summed E-state index contributed by atoms with van der Waals surface area (Å²) in [5.41, 5.74) is 1.01. The Bertz CT molecular complexity index is 1370. The molecule has 2 aromatic rings. The van der Waals surface area contributed by atoms with Gasteiger partial charge in [0.05, 0.1) is 31.5 Å². The van der Waals surface area contributed by atoms with Gasteiger partial charge in [-0.05, 0) is 56.4 Å². The summed E-state index contributed by atoms with van der Waals surface area (Å²) in [5.74, 6) is -2.56. The molecule has 1 aliphatic rings. The molecule has 3 unspecified atom stereocenters. The van der Waals surface area contributed by atoms with Crippen molar-refractivity contribution >= 4 is 35.3 Å². The Morgan fingerprint density at radius 3 is 2.26 bits per heavy atom. The van der Waals surface area contributed by atoms with E-state index in [-0.39, 0.29) is 36.1 Å². The van der Waals surface area contributed by atoms with Crippen LogP contribution in [0.15, 0.2) is 48.5 Å². The fourth-order valence-corrected chi connectivity index (χ4v) is 5.63. The van der Waals surface area contributed by atoms with Gasteiger partial charge in [0.15, 0.2) is 11.8 Å². The highest BCUT2D eigenvalue weighted by atomic mass is 16.5. The van der Waals surface area contributed by atoms with E-state index < -0.39 is 41.9 Å². The SMILES string of the molecule is CCCCCCC(CCCC)COC(=O)c1ccc(OC)c(NC(=O)C(C(C)=O)N2C(=O)C(OCC)N(Cc3ccccc3)C2=O)c1. The van der Waals surface area contributed by atoms with Gasteiger partial charge in [-0.25, -0.2) is 14.5 Å². The average Bonchev–Trinajstić information content (AvgIpc) is 3.28. The second kappa shape index (κ2) is 18.8. The number of ketones is 1. The number of nitrogens with zero attached hydrogens (tertiary/aromatic N) is 2. The summed E-state index contributed by atoms with van der Waals surface area (Å²) in [6.07, 6.45) is 7.38. The highest BCUT2D eigenvalue weighted by Crippen LogP contribution is 2.29. The van der Waals surface area contributed by atoms with Crippen molar-refractivity contribution in [1.29, 1.82) is 0 Å². The zero-order chi connectivity index (χ0) is 34.3. The number of carbonyl (C=O) groups is 5. The van der Waals surface area contributed by atoms with Crippen LogP contribution in [-0.4, -0.2) is 72.0 Å². The van der Waals surface area contributed by atoms with E-state index in [1.54, 1.807) is 31.2 Å². The largest absolute Gasteiger partial charge is 0.495 e. The number of esters is 1. The summed E-state index contributed by atoms with van der Waals surface area (Å²) in [7, 11) is 1.39. The first-order valence-electron chi connectivity index (χ1n) is 16.6. The van der Waals surface area contributed by atoms with Gasteiger partial charge < -0.3 is 19.5 Å². The number of anilines is 1. The molecule has 0 bridgehead atoms. The Morgan fingerprint density at radius 2 is 1.62 bits per heavy atom. The molecule has 1 heterocycles. The molecule has 1 saturated heterocycles. The number of rotatable bonds is 20. The van der Waals surface area contributed by atoms with Crippen molar-refractivity contribution in [1.82, 2.24) is 9.80 Å². The first-order chi connectivity index (χ1) is 22.7. The van der Waals surface area contributed by atoms with Crippen LogP contribution in [0, 0.1) is 5.92 Å². The Labute approximate surface area is 277 Å². The van der Waals surface area contributed by atoms with Gasteiger partial charge in [-0.3, -0.25) is 19.3 Å². The Hall–Kier alpha value is -4.25. The molecule has 4 amide bonds. The number of methoxy groups -OCH3 is 1. The van der Waals surface area contributed by atoms with Crippen LogP contribution in [0.4, 0.5) is 10.5 Å². The van der Waals surface area contributed by atoms with Crippen LogP contribution in [0.5, 0.6) is 5.75 Å². The zero-order valence-corrected chi connectivity index (χ0v) is 28.3. The monoisotopic (exact) mass is 651 g/mol. The van der Waals surface area contributed by atoms with Gasteiger partial charge in [0.1, 0.15) is 5.75 Å². The van der Waals surface area contributed by atoms with E-state index in [1.807, 2.05) is 6.07 Å². The van der Waals surface area contributed by atoms with Gasteiger partial charge >= 0.3 is 12.0 Å². The fourth-order valence-electron chi connectivity index (χ4n) is 5.63. The predicted octanol–water partition coefficient (Wildman–Crippen LogP) is 6.35. The molecule has 3 atom stereocenters. The number of unbranched alkanes of at least 4 members (excludes halogenated alkanes) is 4. The maximum atomic E-state index is 13.7. The molecule has 11 heteroatoms. The van der Waals surface area contributed by atoms with E-state index in [9.17, 15) is 24.0 Å². The van der Waals surface area contributed by atoms with Crippen molar-refractivity contribution in [3.8, 4) is 5.75 Å². The molecule has 47 heavy (non-hydrogen) atoms. The number of imide groups is 1. The third-order valence-corrected chi connectivity index (χ3v) is 8.17. The van der Waals surface area contributed by atoms with Crippen molar-refractivity contribution in [3.63, 3.8) is 0 Å². The van der Waals surface area contributed by atoms with Crippen LogP contribution in [0.1, 0.15) is 95.0 Å². The summed E-state index contributed by atoms with van der Waals surface area (Å²) in [6.45, 7) is 7.57. The smallest absolute Gasteiger partial charge is 0.338 e. The number of urea groups is 1. The van der Waals surface area contributed by atoms with Crippen molar-refractivity contribution in [2.45, 2.75) is 97.9 Å². The van der Waals surface area contributed by atoms with Gasteiger partial charge in [-0.15, -0.1) is 0 Å². The standard InChI is InChI=1S/C36H49N3O8/c1-6-9-11-13-19-27(16-10-7-2)24-47-35(43)28-20-21-30(45-5)29(22-28)37-32(41)31(25(4)40)39-33(42)34(46-8-3)38(36(39)44)23-26-17-14-12-15-18-26/h12,14-15,17-18,20-22,27,31,34H,6-11,13,16,19,23-24H2,1-5H3,(H,37,41). The molecule has 1 N–H and O–H groups in total. The summed E-state index contributed by atoms with van der Waals surface area (Å²) in [6, 6.07) is 10.8. The number of amides is 4. The van der Waals surface area contributed by atoms with E-state index in [1.165, 1.54) is 36.6 Å². The molecule has 11 nitrogen and oxygen atoms in total. The van der Waals surface area contributed by atoms with E-state index in [0.717, 1.165) is 57.4 Å². The normalized spacial score (nSPS) is 15.8. The molecule has 0 aliphatic carbocycles. The third kappa shape index (κ3) is 10.1. The van der Waals surface area contributed by atoms with E-state index in [2.05, 4.69) is 19.2 Å². The topological polar surface area (TPSA) is 132 Å². The molecule has 0 aromatic heterocycles. The average molecular weight is 652 g/mol. The Morgan fingerprint density at radius 1 is 0.915 bits per heavy atom. The molecule has 2 aromatic carbocycles. The zero-order valence-electron chi connectivity index (χ0n) is 28.3. The third-order valence-electron chi connectivity index (χ3n) is 8.17. The molecule has 3 rings (SSSR count). The van der Waals surface area contributed by atoms with Crippen molar-refractivity contribution in [3.05, 3.63) is 59.7 Å². The first-order valence-corrected chi connectivity index (χ1v) is 16.6. The van der Waals surface area contributed by atoms with Crippen LogP contribution < -0.4 is 10.1 Å². The van der Waals surface area contributed by atoms with Gasteiger partial charge in [0.2, 0.25) is 6.23 Å². The number of ether oxygens (including phenoxy) is 3. The summed E-state index contributed by atoms with van der Waals surface area (Å²) in [4.78, 5) is 68.6. The minimum atomic E-state index is -1.79. The second-order valence-corrected chi connectivity index (χ2v) is 11.8. The van der Waals surface area contributed by atoms with Gasteiger partial charge in [0, 0.05) is 6.61 Å². The van der Waals surface area contributed by atoms with Gasteiger partial charge in [0.25, 0.3) is 11.8 Å². The number of hydrogen-bond donors (Lipinski definition) is 1. The minimum Gasteiger partial charge on any atom is -0.495 e. The maximum Gasteiger partial charge on any atom is 0.338 e. The minimum absolute atomic E-state index is 0.0366. The quantitative estimate of drug-likeness (QED) is 0.0758. The second-order valence-electron chi connectivity index (χ2n) is 11.8. The Kier molecular flexibility index (Phi) is 14.9. The highest BCUT2D eigenvalue weighted by Gasteiger charge is 2.52.